The van der Waals surface area contributed by atoms with Gasteiger partial charge in [0.1, 0.15) is 5.82 Å². The van der Waals surface area contributed by atoms with Crippen molar-refractivity contribution >= 4 is 0 Å². The Morgan fingerprint density at radius 2 is 2.15 bits per heavy atom. The Kier molecular flexibility index (Phi) is 3.43. The second-order valence-electron chi connectivity index (χ2n) is 3.26. The Bertz CT molecular complexity index is 283. The molecule has 1 unspecified atom stereocenters. The van der Waals surface area contributed by atoms with Crippen LogP contribution < -0.4 is 0 Å². The predicted octanol–water partition coefficient (Wildman–Crippen LogP) is 2.48. The number of aliphatic hydroxyl groups is 1. The first kappa shape index (κ1) is 10.2. The highest BCUT2D eigenvalue weighted by molar-refractivity contribution is 5.28. The molecule has 0 fully saturated rings. The van der Waals surface area contributed by atoms with Gasteiger partial charge in [0.05, 0.1) is 0 Å². The molecule has 1 aromatic carbocycles. The minimum atomic E-state index is -0.161. The Morgan fingerprint density at radius 1 is 1.46 bits per heavy atom. The van der Waals surface area contributed by atoms with E-state index in [9.17, 15) is 4.39 Å². The molecule has 0 aliphatic heterocycles. The van der Waals surface area contributed by atoms with Crippen LogP contribution in [0.3, 0.4) is 0 Å². The van der Waals surface area contributed by atoms with E-state index in [0.29, 0.717) is 12.0 Å². The maximum absolute atomic E-state index is 13.6. The van der Waals surface area contributed by atoms with Gasteiger partial charge in [-0.1, -0.05) is 32.0 Å². The highest BCUT2D eigenvalue weighted by atomic mass is 19.1. The molecule has 0 saturated carbocycles. The van der Waals surface area contributed by atoms with Crippen molar-refractivity contribution in [1.29, 1.82) is 0 Å². The van der Waals surface area contributed by atoms with Crippen LogP contribution in [0.15, 0.2) is 18.2 Å². The molecule has 0 aliphatic carbocycles. The summed E-state index contributed by atoms with van der Waals surface area (Å²) in [5, 5.41) is 8.91. The Hall–Kier alpha value is -0.890. The minimum Gasteiger partial charge on any atom is -0.396 e. The smallest absolute Gasteiger partial charge is 0.129 e. The number of halogens is 1. The fourth-order valence-electron chi connectivity index (χ4n) is 1.35. The Labute approximate surface area is 78.2 Å². The molecular formula is C11H15FO. The molecule has 1 N–H and O–H groups in total. The van der Waals surface area contributed by atoms with Gasteiger partial charge >= 0.3 is 0 Å². The fourth-order valence-corrected chi connectivity index (χ4v) is 1.35. The van der Waals surface area contributed by atoms with Crippen molar-refractivity contribution < 1.29 is 9.50 Å². The Morgan fingerprint density at radius 3 is 2.69 bits per heavy atom. The highest BCUT2D eigenvalue weighted by Gasteiger charge is 2.11. The van der Waals surface area contributed by atoms with Gasteiger partial charge in [0.25, 0.3) is 0 Å². The van der Waals surface area contributed by atoms with Crippen molar-refractivity contribution in [2.45, 2.75) is 26.2 Å². The van der Waals surface area contributed by atoms with E-state index >= 15 is 0 Å². The van der Waals surface area contributed by atoms with Gasteiger partial charge in [-0.15, -0.1) is 0 Å². The normalized spacial score (nSPS) is 12.9. The average molecular weight is 182 g/mol. The molecule has 2 heteroatoms. The SMILES string of the molecule is CCc1cccc(C(C)CO)c1F. The molecule has 0 bridgehead atoms. The van der Waals surface area contributed by atoms with Gasteiger partial charge in [0, 0.05) is 12.5 Å². The lowest BCUT2D eigenvalue weighted by molar-refractivity contribution is 0.270. The lowest BCUT2D eigenvalue weighted by Gasteiger charge is -2.11. The molecule has 0 aliphatic rings. The van der Waals surface area contributed by atoms with E-state index in [-0.39, 0.29) is 18.3 Å². The summed E-state index contributed by atoms with van der Waals surface area (Å²) in [5.74, 6) is -0.280. The second-order valence-corrected chi connectivity index (χ2v) is 3.26. The molecule has 0 spiro atoms. The van der Waals surface area contributed by atoms with Crippen LogP contribution in [0.2, 0.25) is 0 Å². The van der Waals surface area contributed by atoms with Crippen LogP contribution in [0.1, 0.15) is 30.9 Å². The minimum absolute atomic E-state index is 0.00983. The number of aryl methyl sites for hydroxylation is 1. The van der Waals surface area contributed by atoms with E-state index < -0.39 is 0 Å². The number of benzene rings is 1. The quantitative estimate of drug-likeness (QED) is 0.761. The van der Waals surface area contributed by atoms with Gasteiger partial charge in [-0.2, -0.15) is 0 Å². The van der Waals surface area contributed by atoms with Gasteiger partial charge in [-0.05, 0) is 17.5 Å². The topological polar surface area (TPSA) is 20.2 Å². The van der Waals surface area contributed by atoms with Crippen LogP contribution in [0, 0.1) is 5.82 Å². The summed E-state index contributed by atoms with van der Waals surface area (Å²) in [4.78, 5) is 0. The molecule has 0 radical (unpaired) electrons. The molecule has 0 aromatic heterocycles. The largest absolute Gasteiger partial charge is 0.396 e. The lowest BCUT2D eigenvalue weighted by atomic mass is 9.98. The van der Waals surface area contributed by atoms with Gasteiger partial charge in [-0.25, -0.2) is 4.39 Å². The van der Waals surface area contributed by atoms with Gasteiger partial charge in [0.2, 0.25) is 0 Å². The highest BCUT2D eigenvalue weighted by Crippen LogP contribution is 2.21. The zero-order valence-electron chi connectivity index (χ0n) is 8.05. The molecule has 0 saturated heterocycles. The lowest BCUT2D eigenvalue weighted by Crippen LogP contribution is -2.03. The van der Waals surface area contributed by atoms with Crippen LogP contribution in [-0.4, -0.2) is 11.7 Å². The van der Waals surface area contributed by atoms with Crippen molar-refractivity contribution in [1.82, 2.24) is 0 Å². The molecule has 72 valence electrons. The van der Waals surface area contributed by atoms with Crippen molar-refractivity contribution in [2.75, 3.05) is 6.61 Å². The third-order valence-electron chi connectivity index (χ3n) is 2.29. The van der Waals surface area contributed by atoms with Crippen LogP contribution >= 0.6 is 0 Å². The first-order chi connectivity index (χ1) is 6.20. The Balaban J connectivity index is 3.08. The average Bonchev–Trinajstić information content (AvgIpc) is 2.17. The van der Waals surface area contributed by atoms with Gasteiger partial charge in [0.15, 0.2) is 0 Å². The van der Waals surface area contributed by atoms with Crippen molar-refractivity contribution in [3.05, 3.63) is 35.1 Å². The van der Waals surface area contributed by atoms with E-state index in [1.54, 1.807) is 12.1 Å². The monoisotopic (exact) mass is 182 g/mol. The molecular weight excluding hydrogens is 167 g/mol. The standard InChI is InChI=1S/C11H15FO/c1-3-9-5-4-6-10(11(9)12)8(2)7-13/h4-6,8,13H,3,7H2,1-2H3. The third kappa shape index (κ3) is 2.07. The summed E-state index contributed by atoms with van der Waals surface area (Å²) in [6.45, 7) is 3.73. The summed E-state index contributed by atoms with van der Waals surface area (Å²) in [7, 11) is 0. The molecule has 1 aromatic rings. The van der Waals surface area contributed by atoms with Gasteiger partial charge in [-0.3, -0.25) is 0 Å². The van der Waals surface area contributed by atoms with E-state index in [0.717, 1.165) is 5.56 Å². The zero-order chi connectivity index (χ0) is 9.84. The number of hydrogen-bond acceptors (Lipinski definition) is 1. The first-order valence-electron chi connectivity index (χ1n) is 4.58. The maximum Gasteiger partial charge on any atom is 0.129 e. The number of hydrogen-bond donors (Lipinski definition) is 1. The predicted molar refractivity (Wildman–Crippen MR) is 51.3 cm³/mol. The van der Waals surface area contributed by atoms with Crippen LogP contribution in [-0.2, 0) is 6.42 Å². The summed E-state index contributed by atoms with van der Waals surface area (Å²) in [5.41, 5.74) is 1.33. The third-order valence-corrected chi connectivity index (χ3v) is 2.29. The molecule has 1 nitrogen and oxygen atoms in total. The number of aliphatic hydroxyl groups excluding tert-OH is 1. The van der Waals surface area contributed by atoms with Crippen LogP contribution in [0.5, 0.6) is 0 Å². The summed E-state index contributed by atoms with van der Waals surface area (Å²) < 4.78 is 13.6. The van der Waals surface area contributed by atoms with Crippen molar-refractivity contribution in [2.24, 2.45) is 0 Å². The van der Waals surface area contributed by atoms with Crippen molar-refractivity contribution in [3.8, 4) is 0 Å². The summed E-state index contributed by atoms with van der Waals surface area (Å²) in [6, 6.07) is 5.35. The summed E-state index contributed by atoms with van der Waals surface area (Å²) in [6.07, 6.45) is 0.692. The first-order valence-corrected chi connectivity index (χ1v) is 4.58. The summed E-state index contributed by atoms with van der Waals surface area (Å²) >= 11 is 0. The van der Waals surface area contributed by atoms with E-state index in [1.165, 1.54) is 0 Å². The molecule has 0 amide bonds. The zero-order valence-corrected chi connectivity index (χ0v) is 8.05. The maximum atomic E-state index is 13.6. The fraction of sp³-hybridized carbons (Fsp3) is 0.455. The van der Waals surface area contributed by atoms with Crippen molar-refractivity contribution in [3.63, 3.8) is 0 Å². The van der Waals surface area contributed by atoms with Crippen LogP contribution in [0.4, 0.5) is 4.39 Å². The molecule has 1 atom stereocenters. The molecule has 1 rings (SSSR count). The molecule has 0 heterocycles. The molecule has 13 heavy (non-hydrogen) atoms. The van der Waals surface area contributed by atoms with E-state index in [1.807, 2.05) is 19.9 Å². The number of rotatable bonds is 3. The van der Waals surface area contributed by atoms with Crippen LogP contribution in [0.25, 0.3) is 0 Å². The second kappa shape index (κ2) is 4.38. The van der Waals surface area contributed by atoms with Gasteiger partial charge < -0.3 is 5.11 Å². The van der Waals surface area contributed by atoms with E-state index in [2.05, 4.69) is 0 Å². The van der Waals surface area contributed by atoms with E-state index in [4.69, 9.17) is 5.11 Å².